The Morgan fingerprint density at radius 2 is 2.20 bits per heavy atom. The number of furan rings is 1. The summed E-state index contributed by atoms with van der Waals surface area (Å²) in [7, 11) is 0. The highest BCUT2D eigenvalue weighted by molar-refractivity contribution is 9.10. The van der Waals surface area contributed by atoms with Gasteiger partial charge in [-0.15, -0.1) is 11.3 Å². The van der Waals surface area contributed by atoms with E-state index in [0.717, 1.165) is 38.3 Å². The quantitative estimate of drug-likeness (QED) is 0.730. The zero-order chi connectivity index (χ0) is 14.3. The number of hydrogen-bond acceptors (Lipinski definition) is 4. The lowest BCUT2D eigenvalue weighted by molar-refractivity contribution is 0.473. The van der Waals surface area contributed by atoms with Crippen LogP contribution in [0.1, 0.15) is 25.3 Å². The molecule has 3 rings (SSSR count). The maximum absolute atomic E-state index is 6.23. The van der Waals surface area contributed by atoms with Crippen LogP contribution in [0.15, 0.2) is 38.5 Å². The summed E-state index contributed by atoms with van der Waals surface area (Å²) >= 11 is 5.05. The predicted molar refractivity (Wildman–Crippen MR) is 86.9 cm³/mol. The molecule has 0 spiro atoms. The zero-order valence-corrected chi connectivity index (χ0v) is 13.7. The van der Waals surface area contributed by atoms with Gasteiger partial charge in [0.25, 0.3) is 0 Å². The molecule has 1 aromatic carbocycles. The van der Waals surface area contributed by atoms with Crippen molar-refractivity contribution in [3.05, 3.63) is 39.1 Å². The SMILES string of the molecule is CCC(C)(N)c1nc(-c2cc3cc(Br)ccc3o2)cs1. The minimum Gasteiger partial charge on any atom is -0.454 e. The molecule has 0 aliphatic carbocycles. The zero-order valence-electron chi connectivity index (χ0n) is 11.3. The molecule has 20 heavy (non-hydrogen) atoms. The van der Waals surface area contributed by atoms with Crippen LogP contribution in [0.25, 0.3) is 22.4 Å². The van der Waals surface area contributed by atoms with Crippen LogP contribution in [0.4, 0.5) is 0 Å². The molecule has 0 aliphatic rings. The van der Waals surface area contributed by atoms with E-state index in [1.54, 1.807) is 11.3 Å². The molecular formula is C15H15BrN2OS. The molecule has 0 saturated carbocycles. The second-order valence-corrected chi connectivity index (χ2v) is 6.88. The van der Waals surface area contributed by atoms with Crippen molar-refractivity contribution in [1.29, 1.82) is 0 Å². The van der Waals surface area contributed by atoms with Crippen LogP contribution in [0.5, 0.6) is 0 Å². The first-order valence-electron chi connectivity index (χ1n) is 6.44. The van der Waals surface area contributed by atoms with E-state index in [0.29, 0.717) is 0 Å². The Bertz CT molecular complexity index is 760. The van der Waals surface area contributed by atoms with Gasteiger partial charge in [0, 0.05) is 15.2 Å². The van der Waals surface area contributed by atoms with Crippen molar-refractivity contribution in [2.75, 3.05) is 0 Å². The molecule has 1 unspecified atom stereocenters. The number of thiazole rings is 1. The molecule has 2 aromatic heterocycles. The fraction of sp³-hybridized carbons (Fsp3) is 0.267. The molecular weight excluding hydrogens is 336 g/mol. The van der Waals surface area contributed by atoms with Gasteiger partial charge in [-0.25, -0.2) is 4.98 Å². The average molecular weight is 351 g/mol. The molecule has 2 N–H and O–H groups in total. The van der Waals surface area contributed by atoms with Gasteiger partial charge < -0.3 is 10.2 Å². The second-order valence-electron chi connectivity index (χ2n) is 5.10. The van der Waals surface area contributed by atoms with Crippen LogP contribution in [0.2, 0.25) is 0 Å². The van der Waals surface area contributed by atoms with Gasteiger partial charge >= 0.3 is 0 Å². The van der Waals surface area contributed by atoms with Gasteiger partial charge in [-0.3, -0.25) is 0 Å². The molecule has 5 heteroatoms. The lowest BCUT2D eigenvalue weighted by Crippen LogP contribution is -2.31. The minimum absolute atomic E-state index is 0.377. The number of aromatic nitrogens is 1. The fourth-order valence-corrected chi connectivity index (χ4v) is 3.28. The third kappa shape index (κ3) is 2.41. The van der Waals surface area contributed by atoms with Crippen molar-refractivity contribution in [2.24, 2.45) is 5.73 Å². The van der Waals surface area contributed by atoms with Crippen molar-refractivity contribution in [3.8, 4) is 11.5 Å². The van der Waals surface area contributed by atoms with Crippen LogP contribution >= 0.6 is 27.3 Å². The van der Waals surface area contributed by atoms with Crippen molar-refractivity contribution < 1.29 is 4.42 Å². The van der Waals surface area contributed by atoms with Crippen molar-refractivity contribution in [3.63, 3.8) is 0 Å². The molecule has 1 atom stereocenters. The molecule has 104 valence electrons. The van der Waals surface area contributed by atoms with Gasteiger partial charge in [-0.05, 0) is 37.6 Å². The van der Waals surface area contributed by atoms with Crippen molar-refractivity contribution >= 4 is 38.2 Å². The molecule has 3 nitrogen and oxygen atoms in total. The van der Waals surface area contributed by atoms with E-state index >= 15 is 0 Å². The minimum atomic E-state index is -0.377. The van der Waals surface area contributed by atoms with Crippen LogP contribution < -0.4 is 5.73 Å². The third-order valence-electron chi connectivity index (χ3n) is 3.46. The van der Waals surface area contributed by atoms with Gasteiger partial charge in [-0.2, -0.15) is 0 Å². The number of hydrogen-bond donors (Lipinski definition) is 1. The van der Waals surface area contributed by atoms with E-state index in [1.165, 1.54) is 0 Å². The van der Waals surface area contributed by atoms with Gasteiger partial charge in [-0.1, -0.05) is 22.9 Å². The normalized spacial score (nSPS) is 14.6. The Kier molecular flexibility index (Phi) is 3.44. The summed E-state index contributed by atoms with van der Waals surface area (Å²) in [6.07, 6.45) is 0.854. The summed E-state index contributed by atoms with van der Waals surface area (Å²) in [5.74, 6) is 0.785. The van der Waals surface area contributed by atoms with Gasteiger partial charge in [0.2, 0.25) is 0 Å². The van der Waals surface area contributed by atoms with Crippen LogP contribution in [0.3, 0.4) is 0 Å². The van der Waals surface area contributed by atoms with E-state index in [2.05, 4.69) is 27.8 Å². The van der Waals surface area contributed by atoms with E-state index in [1.807, 2.05) is 36.6 Å². The Hall–Kier alpha value is -1.17. The molecule has 2 heterocycles. The first-order chi connectivity index (χ1) is 9.49. The monoisotopic (exact) mass is 350 g/mol. The van der Waals surface area contributed by atoms with Gasteiger partial charge in [0.1, 0.15) is 16.3 Å². The van der Waals surface area contributed by atoms with Crippen LogP contribution in [-0.2, 0) is 5.54 Å². The summed E-state index contributed by atoms with van der Waals surface area (Å²) in [5.41, 5.74) is 7.57. The Labute approximate surface area is 129 Å². The largest absolute Gasteiger partial charge is 0.454 e. The van der Waals surface area contributed by atoms with Gasteiger partial charge in [0.15, 0.2) is 5.76 Å². The summed E-state index contributed by atoms with van der Waals surface area (Å²) < 4.78 is 6.89. The van der Waals surface area contributed by atoms with E-state index in [4.69, 9.17) is 10.2 Å². The molecule has 0 fully saturated rings. The molecule has 0 bridgehead atoms. The van der Waals surface area contributed by atoms with Crippen LogP contribution in [0, 0.1) is 0 Å². The third-order valence-corrected chi connectivity index (χ3v) is 5.07. The van der Waals surface area contributed by atoms with E-state index in [-0.39, 0.29) is 5.54 Å². The summed E-state index contributed by atoms with van der Waals surface area (Å²) in [5, 5.41) is 4.01. The number of fused-ring (bicyclic) bond motifs is 1. The second kappa shape index (κ2) is 4.98. The van der Waals surface area contributed by atoms with E-state index in [9.17, 15) is 0 Å². The number of nitrogens with two attached hydrogens (primary N) is 1. The van der Waals surface area contributed by atoms with Gasteiger partial charge in [0.05, 0.1) is 5.54 Å². The molecule has 0 amide bonds. The lowest BCUT2D eigenvalue weighted by atomic mass is 10.0. The standard InChI is InChI=1S/C15H15BrN2OS/c1-3-15(2,17)14-18-11(8-20-14)13-7-9-6-10(16)4-5-12(9)19-13/h4-8H,3,17H2,1-2H3. The Morgan fingerprint density at radius 1 is 1.40 bits per heavy atom. The number of halogens is 1. The highest BCUT2D eigenvalue weighted by Gasteiger charge is 2.23. The molecule has 0 radical (unpaired) electrons. The average Bonchev–Trinajstić information content (AvgIpc) is 3.04. The summed E-state index contributed by atoms with van der Waals surface area (Å²) in [6, 6.07) is 7.97. The van der Waals surface area contributed by atoms with Crippen molar-refractivity contribution in [1.82, 2.24) is 4.98 Å². The molecule has 0 aliphatic heterocycles. The number of nitrogens with zero attached hydrogens (tertiary/aromatic N) is 1. The maximum atomic E-state index is 6.23. The summed E-state index contributed by atoms with van der Waals surface area (Å²) in [6.45, 7) is 4.07. The van der Waals surface area contributed by atoms with Crippen molar-refractivity contribution in [2.45, 2.75) is 25.8 Å². The highest BCUT2D eigenvalue weighted by Crippen LogP contribution is 2.33. The topological polar surface area (TPSA) is 52.0 Å². The number of rotatable bonds is 3. The Balaban J connectivity index is 2.03. The highest BCUT2D eigenvalue weighted by atomic mass is 79.9. The fourth-order valence-electron chi connectivity index (χ4n) is 1.94. The molecule has 3 aromatic rings. The Morgan fingerprint density at radius 3 is 2.95 bits per heavy atom. The van der Waals surface area contributed by atoms with Crippen LogP contribution in [-0.4, -0.2) is 4.98 Å². The lowest BCUT2D eigenvalue weighted by Gasteiger charge is -2.18. The smallest absolute Gasteiger partial charge is 0.154 e. The summed E-state index contributed by atoms with van der Waals surface area (Å²) in [4.78, 5) is 4.63. The maximum Gasteiger partial charge on any atom is 0.154 e. The number of benzene rings is 1. The van der Waals surface area contributed by atoms with E-state index < -0.39 is 0 Å². The first kappa shape index (κ1) is 13.8. The predicted octanol–water partition coefficient (Wildman–Crippen LogP) is 4.90. The molecule has 0 saturated heterocycles. The first-order valence-corrected chi connectivity index (χ1v) is 8.11.